The number of anilines is 3. The van der Waals surface area contributed by atoms with Crippen molar-refractivity contribution in [2.75, 3.05) is 55.6 Å². The van der Waals surface area contributed by atoms with Crippen molar-refractivity contribution in [2.45, 2.75) is 0 Å². The Balaban J connectivity index is 2.99. The number of hydrogen-bond acceptors (Lipinski definition) is 7. The lowest BCUT2D eigenvalue weighted by Gasteiger charge is -2.16. The SMILES string of the molecule is CN(C)c1nc(NCCS)nc(N(C)C)n1. The molecule has 0 spiro atoms. The Morgan fingerprint density at radius 2 is 1.50 bits per heavy atom. The van der Waals surface area contributed by atoms with E-state index in [9.17, 15) is 0 Å². The predicted molar refractivity (Wildman–Crippen MR) is 70.8 cm³/mol. The minimum atomic E-state index is 0.580. The Labute approximate surface area is 102 Å². The molecule has 1 aromatic rings. The number of aromatic nitrogens is 3. The summed E-state index contributed by atoms with van der Waals surface area (Å²) in [5, 5.41) is 3.09. The van der Waals surface area contributed by atoms with Crippen LogP contribution in [0.25, 0.3) is 0 Å². The van der Waals surface area contributed by atoms with E-state index in [0.717, 1.165) is 12.3 Å². The summed E-state index contributed by atoms with van der Waals surface area (Å²) >= 11 is 4.13. The Bertz CT molecular complexity index is 315. The molecule has 1 aromatic heterocycles. The summed E-state index contributed by atoms with van der Waals surface area (Å²) < 4.78 is 0. The molecule has 6 nitrogen and oxygen atoms in total. The lowest BCUT2D eigenvalue weighted by molar-refractivity contribution is 0.911. The lowest BCUT2D eigenvalue weighted by Crippen LogP contribution is -2.20. The number of thiol groups is 1. The lowest BCUT2D eigenvalue weighted by atomic mass is 10.7. The Morgan fingerprint density at radius 3 is 1.88 bits per heavy atom. The second-order valence-electron chi connectivity index (χ2n) is 3.70. The summed E-state index contributed by atoms with van der Waals surface area (Å²) in [5.41, 5.74) is 0. The maximum absolute atomic E-state index is 4.31. The van der Waals surface area contributed by atoms with Gasteiger partial charge < -0.3 is 15.1 Å². The van der Waals surface area contributed by atoms with Crippen molar-refractivity contribution in [1.29, 1.82) is 0 Å². The van der Waals surface area contributed by atoms with E-state index >= 15 is 0 Å². The van der Waals surface area contributed by atoms with Crippen LogP contribution in [0.4, 0.5) is 17.8 Å². The zero-order chi connectivity index (χ0) is 12.1. The Morgan fingerprint density at radius 1 is 1.00 bits per heavy atom. The van der Waals surface area contributed by atoms with Crippen molar-refractivity contribution in [3.05, 3.63) is 0 Å². The van der Waals surface area contributed by atoms with Gasteiger partial charge in [-0.25, -0.2) is 0 Å². The molecule has 0 amide bonds. The van der Waals surface area contributed by atoms with Gasteiger partial charge in [-0.2, -0.15) is 27.6 Å². The third-order valence-corrected chi connectivity index (χ3v) is 2.03. The predicted octanol–water partition coefficient (Wildman–Crippen LogP) is 0.345. The number of rotatable bonds is 5. The minimum absolute atomic E-state index is 0.580. The van der Waals surface area contributed by atoms with E-state index in [1.807, 2.05) is 38.0 Å². The van der Waals surface area contributed by atoms with Crippen LogP contribution >= 0.6 is 12.6 Å². The van der Waals surface area contributed by atoms with Crippen molar-refractivity contribution in [2.24, 2.45) is 0 Å². The van der Waals surface area contributed by atoms with Crippen LogP contribution in [-0.4, -0.2) is 55.4 Å². The average molecular weight is 242 g/mol. The highest BCUT2D eigenvalue weighted by molar-refractivity contribution is 7.80. The smallest absolute Gasteiger partial charge is 0.231 e. The van der Waals surface area contributed by atoms with E-state index in [1.54, 1.807) is 0 Å². The molecule has 0 bridgehead atoms. The largest absolute Gasteiger partial charge is 0.353 e. The first-order valence-corrected chi connectivity index (χ1v) is 5.63. The number of hydrogen-bond donors (Lipinski definition) is 2. The van der Waals surface area contributed by atoms with Crippen LogP contribution in [0.15, 0.2) is 0 Å². The van der Waals surface area contributed by atoms with Crippen molar-refractivity contribution < 1.29 is 0 Å². The zero-order valence-corrected chi connectivity index (χ0v) is 11.0. The molecule has 16 heavy (non-hydrogen) atoms. The van der Waals surface area contributed by atoms with Crippen LogP contribution in [0.2, 0.25) is 0 Å². The summed E-state index contributed by atoms with van der Waals surface area (Å²) in [6.07, 6.45) is 0. The molecule has 90 valence electrons. The van der Waals surface area contributed by atoms with Crippen LogP contribution in [0.5, 0.6) is 0 Å². The van der Waals surface area contributed by atoms with Gasteiger partial charge in [-0.1, -0.05) is 0 Å². The third kappa shape index (κ3) is 3.41. The first-order chi connectivity index (χ1) is 7.54. The number of nitrogens with one attached hydrogen (secondary N) is 1. The molecule has 0 fully saturated rings. The van der Waals surface area contributed by atoms with Gasteiger partial charge in [0.25, 0.3) is 0 Å². The van der Waals surface area contributed by atoms with Crippen molar-refractivity contribution >= 4 is 30.5 Å². The highest BCUT2D eigenvalue weighted by atomic mass is 32.1. The topological polar surface area (TPSA) is 57.2 Å². The molecular weight excluding hydrogens is 224 g/mol. The maximum atomic E-state index is 4.31. The van der Waals surface area contributed by atoms with Crippen LogP contribution in [-0.2, 0) is 0 Å². The molecular formula is C9H18N6S. The quantitative estimate of drug-likeness (QED) is 0.727. The summed E-state index contributed by atoms with van der Waals surface area (Å²) in [6.45, 7) is 0.729. The van der Waals surface area contributed by atoms with E-state index in [2.05, 4.69) is 32.9 Å². The standard InChI is InChI=1S/C9H18N6S/c1-14(2)8-11-7(10-5-6-16)12-9(13-8)15(3)4/h16H,5-6H2,1-4H3,(H,10,11,12,13). The molecule has 0 saturated heterocycles. The fraction of sp³-hybridized carbons (Fsp3) is 0.667. The molecule has 0 unspecified atom stereocenters. The first kappa shape index (κ1) is 12.8. The molecule has 0 atom stereocenters. The van der Waals surface area contributed by atoms with Crippen LogP contribution < -0.4 is 15.1 Å². The second kappa shape index (κ2) is 5.74. The third-order valence-electron chi connectivity index (χ3n) is 1.81. The second-order valence-corrected chi connectivity index (χ2v) is 4.15. The van der Waals surface area contributed by atoms with E-state index < -0.39 is 0 Å². The van der Waals surface area contributed by atoms with Gasteiger partial charge in [0.1, 0.15) is 0 Å². The van der Waals surface area contributed by atoms with Gasteiger partial charge in [-0.15, -0.1) is 0 Å². The normalized spacial score (nSPS) is 10.1. The average Bonchev–Trinajstić information content (AvgIpc) is 2.25. The van der Waals surface area contributed by atoms with Crippen LogP contribution in [0.1, 0.15) is 0 Å². The van der Waals surface area contributed by atoms with Gasteiger partial charge in [-0.05, 0) is 0 Å². The molecule has 0 saturated carbocycles. The van der Waals surface area contributed by atoms with Gasteiger partial charge in [0, 0.05) is 40.5 Å². The van der Waals surface area contributed by atoms with E-state index in [4.69, 9.17) is 0 Å². The number of nitrogens with zero attached hydrogens (tertiary/aromatic N) is 5. The van der Waals surface area contributed by atoms with E-state index in [0.29, 0.717) is 17.8 Å². The molecule has 1 heterocycles. The fourth-order valence-electron chi connectivity index (χ4n) is 1.00. The zero-order valence-electron chi connectivity index (χ0n) is 10.1. The van der Waals surface area contributed by atoms with Crippen molar-refractivity contribution in [1.82, 2.24) is 15.0 Å². The first-order valence-electron chi connectivity index (χ1n) is 5.00. The van der Waals surface area contributed by atoms with Gasteiger partial charge in [0.2, 0.25) is 17.8 Å². The van der Waals surface area contributed by atoms with Gasteiger partial charge in [0.15, 0.2) is 0 Å². The Hall–Kier alpha value is -1.24. The van der Waals surface area contributed by atoms with Crippen LogP contribution in [0, 0.1) is 0 Å². The molecule has 7 heteroatoms. The molecule has 1 rings (SSSR count). The van der Waals surface area contributed by atoms with Gasteiger partial charge in [-0.3, -0.25) is 0 Å². The summed E-state index contributed by atoms with van der Waals surface area (Å²) in [6, 6.07) is 0. The fourth-order valence-corrected chi connectivity index (χ4v) is 1.11. The molecule has 0 aliphatic heterocycles. The monoisotopic (exact) mass is 242 g/mol. The molecule has 0 aromatic carbocycles. The van der Waals surface area contributed by atoms with Crippen molar-refractivity contribution in [3.63, 3.8) is 0 Å². The minimum Gasteiger partial charge on any atom is -0.353 e. The van der Waals surface area contributed by atoms with Gasteiger partial charge in [0.05, 0.1) is 0 Å². The molecule has 1 N–H and O–H groups in total. The van der Waals surface area contributed by atoms with Crippen LogP contribution in [0.3, 0.4) is 0 Å². The molecule has 0 aliphatic rings. The summed E-state index contributed by atoms with van der Waals surface area (Å²) in [5.74, 6) is 2.59. The maximum Gasteiger partial charge on any atom is 0.231 e. The van der Waals surface area contributed by atoms with Gasteiger partial charge >= 0.3 is 0 Å². The Kier molecular flexibility index (Phi) is 4.60. The molecule has 0 aliphatic carbocycles. The summed E-state index contributed by atoms with van der Waals surface area (Å²) in [7, 11) is 7.60. The van der Waals surface area contributed by atoms with E-state index in [1.165, 1.54) is 0 Å². The van der Waals surface area contributed by atoms with E-state index in [-0.39, 0.29) is 0 Å². The summed E-state index contributed by atoms with van der Waals surface area (Å²) in [4.78, 5) is 16.6. The highest BCUT2D eigenvalue weighted by Crippen LogP contribution is 2.12. The highest BCUT2D eigenvalue weighted by Gasteiger charge is 2.08. The molecule has 0 radical (unpaired) electrons. The van der Waals surface area contributed by atoms with Crippen molar-refractivity contribution in [3.8, 4) is 0 Å².